The van der Waals surface area contributed by atoms with Crippen LogP contribution in [0, 0.1) is 0 Å². The molecule has 0 radical (unpaired) electrons. The summed E-state index contributed by atoms with van der Waals surface area (Å²) in [5, 5.41) is 4.16. The number of ether oxygens (including phenoxy) is 1. The number of hydrogen-bond donors (Lipinski definition) is 1. The van der Waals surface area contributed by atoms with Crippen LogP contribution in [0.15, 0.2) is 30.6 Å². The summed E-state index contributed by atoms with van der Waals surface area (Å²) in [6.07, 6.45) is 3.24. The fourth-order valence-electron chi connectivity index (χ4n) is 2.08. The first-order valence-electron chi connectivity index (χ1n) is 7.09. The molecule has 0 saturated heterocycles. The molecule has 0 fully saturated rings. The van der Waals surface area contributed by atoms with E-state index in [1.165, 1.54) is 0 Å². The lowest BCUT2D eigenvalue weighted by Crippen LogP contribution is -2.17. The smallest absolute Gasteiger partial charge is 0.138 e. The normalized spacial score (nSPS) is 12.3. The molecular weight excluding hydrogens is 252 g/mol. The van der Waals surface area contributed by atoms with E-state index < -0.39 is 0 Å². The van der Waals surface area contributed by atoms with Crippen LogP contribution in [0.5, 0.6) is 5.75 Å². The number of aromatic nitrogens is 3. The molecule has 1 aromatic carbocycles. The molecule has 0 bridgehead atoms. The van der Waals surface area contributed by atoms with E-state index in [4.69, 9.17) is 10.5 Å². The predicted molar refractivity (Wildman–Crippen MR) is 78.6 cm³/mol. The maximum Gasteiger partial charge on any atom is 0.138 e. The van der Waals surface area contributed by atoms with Crippen LogP contribution in [-0.2, 0) is 13.0 Å². The van der Waals surface area contributed by atoms with Gasteiger partial charge in [0.05, 0.1) is 6.61 Å². The van der Waals surface area contributed by atoms with E-state index in [-0.39, 0.29) is 6.04 Å². The van der Waals surface area contributed by atoms with Crippen molar-refractivity contribution in [3.8, 4) is 5.75 Å². The lowest BCUT2D eigenvalue weighted by Gasteiger charge is -2.13. The minimum absolute atomic E-state index is 0.102. The van der Waals surface area contributed by atoms with Gasteiger partial charge in [-0.1, -0.05) is 19.1 Å². The second-order valence-corrected chi connectivity index (χ2v) is 4.72. The molecule has 0 aliphatic carbocycles. The minimum atomic E-state index is -0.102. The van der Waals surface area contributed by atoms with E-state index >= 15 is 0 Å². The summed E-state index contributed by atoms with van der Waals surface area (Å²) in [6.45, 7) is 5.67. The van der Waals surface area contributed by atoms with Crippen molar-refractivity contribution in [1.82, 2.24) is 14.8 Å². The van der Waals surface area contributed by atoms with Gasteiger partial charge < -0.3 is 10.5 Å². The Kier molecular flexibility index (Phi) is 5.12. The number of nitrogens with two attached hydrogens (primary N) is 1. The van der Waals surface area contributed by atoms with Gasteiger partial charge in [0.25, 0.3) is 0 Å². The van der Waals surface area contributed by atoms with Crippen molar-refractivity contribution in [2.45, 2.75) is 39.3 Å². The molecule has 5 nitrogen and oxygen atoms in total. The van der Waals surface area contributed by atoms with Gasteiger partial charge in [0.15, 0.2) is 0 Å². The maximum absolute atomic E-state index is 6.27. The summed E-state index contributed by atoms with van der Waals surface area (Å²) in [7, 11) is 0. The first-order chi connectivity index (χ1) is 9.74. The molecule has 1 unspecified atom stereocenters. The molecule has 2 N–H and O–H groups in total. The monoisotopic (exact) mass is 274 g/mol. The van der Waals surface area contributed by atoms with Crippen molar-refractivity contribution in [3.63, 3.8) is 0 Å². The lowest BCUT2D eigenvalue weighted by atomic mass is 10.0. The van der Waals surface area contributed by atoms with Gasteiger partial charge in [-0.3, -0.25) is 4.68 Å². The molecule has 1 aromatic heterocycles. The third-order valence-electron chi connectivity index (χ3n) is 3.16. The van der Waals surface area contributed by atoms with Gasteiger partial charge in [-0.15, -0.1) is 0 Å². The summed E-state index contributed by atoms with van der Waals surface area (Å²) in [5.41, 5.74) is 7.33. The zero-order valence-electron chi connectivity index (χ0n) is 12.1. The summed E-state index contributed by atoms with van der Waals surface area (Å²) >= 11 is 0. The first-order valence-corrected chi connectivity index (χ1v) is 7.09. The second kappa shape index (κ2) is 7.05. The van der Waals surface area contributed by atoms with Crippen molar-refractivity contribution >= 4 is 0 Å². The minimum Gasteiger partial charge on any atom is -0.494 e. The van der Waals surface area contributed by atoms with Gasteiger partial charge in [0.2, 0.25) is 0 Å². The molecule has 0 aliphatic rings. The van der Waals surface area contributed by atoms with Crippen LogP contribution in [-0.4, -0.2) is 21.4 Å². The van der Waals surface area contributed by atoms with Gasteiger partial charge in [0.1, 0.15) is 17.9 Å². The first kappa shape index (κ1) is 14.5. The van der Waals surface area contributed by atoms with Crippen LogP contribution in [0.25, 0.3) is 0 Å². The molecule has 20 heavy (non-hydrogen) atoms. The zero-order chi connectivity index (χ0) is 14.4. The Morgan fingerprint density at radius 3 is 2.95 bits per heavy atom. The van der Waals surface area contributed by atoms with Gasteiger partial charge in [-0.2, -0.15) is 5.10 Å². The molecule has 1 heterocycles. The quantitative estimate of drug-likeness (QED) is 0.841. The van der Waals surface area contributed by atoms with E-state index in [2.05, 4.69) is 17.0 Å². The highest BCUT2D eigenvalue weighted by Gasteiger charge is 2.12. The zero-order valence-corrected chi connectivity index (χ0v) is 12.1. The molecule has 0 amide bonds. The van der Waals surface area contributed by atoms with Crippen LogP contribution in [0.2, 0.25) is 0 Å². The molecule has 5 heteroatoms. The Morgan fingerprint density at radius 1 is 1.35 bits per heavy atom. The number of benzene rings is 1. The van der Waals surface area contributed by atoms with E-state index in [0.717, 1.165) is 36.7 Å². The third-order valence-corrected chi connectivity index (χ3v) is 3.16. The Morgan fingerprint density at radius 2 is 2.20 bits per heavy atom. The van der Waals surface area contributed by atoms with Gasteiger partial charge >= 0.3 is 0 Å². The van der Waals surface area contributed by atoms with Crippen molar-refractivity contribution in [2.24, 2.45) is 5.73 Å². The van der Waals surface area contributed by atoms with Crippen molar-refractivity contribution in [1.29, 1.82) is 0 Å². The lowest BCUT2D eigenvalue weighted by molar-refractivity contribution is 0.317. The number of nitrogens with zero attached hydrogens (tertiary/aromatic N) is 3. The van der Waals surface area contributed by atoms with Crippen LogP contribution in [0.1, 0.15) is 37.7 Å². The molecule has 108 valence electrons. The summed E-state index contributed by atoms with van der Waals surface area (Å²) in [4.78, 5) is 4.27. The number of rotatable bonds is 7. The van der Waals surface area contributed by atoms with Gasteiger partial charge in [0, 0.05) is 19.0 Å². The highest BCUT2D eigenvalue weighted by molar-refractivity contribution is 5.30. The maximum atomic E-state index is 6.27. The Bertz CT molecular complexity index is 538. The van der Waals surface area contributed by atoms with Crippen LogP contribution >= 0.6 is 0 Å². The van der Waals surface area contributed by atoms with E-state index in [1.807, 2.05) is 35.9 Å². The Labute approximate surface area is 119 Å². The van der Waals surface area contributed by atoms with Gasteiger partial charge in [-0.25, -0.2) is 4.98 Å². The largest absolute Gasteiger partial charge is 0.494 e. The Balaban J connectivity index is 2.06. The van der Waals surface area contributed by atoms with Crippen LogP contribution in [0.3, 0.4) is 0 Å². The molecule has 1 atom stereocenters. The van der Waals surface area contributed by atoms with Crippen molar-refractivity contribution < 1.29 is 4.74 Å². The highest BCUT2D eigenvalue weighted by Crippen LogP contribution is 2.20. The molecule has 0 saturated carbocycles. The number of aryl methyl sites for hydroxylation is 1. The average Bonchev–Trinajstić information content (AvgIpc) is 2.92. The van der Waals surface area contributed by atoms with Gasteiger partial charge in [-0.05, 0) is 31.0 Å². The van der Waals surface area contributed by atoms with Crippen LogP contribution < -0.4 is 10.5 Å². The third kappa shape index (κ3) is 3.57. The molecular formula is C15H22N4O. The van der Waals surface area contributed by atoms with E-state index in [0.29, 0.717) is 6.42 Å². The predicted octanol–water partition coefficient (Wildman–Crippen LogP) is 2.33. The standard InChI is InChI=1S/C15H22N4O/c1-3-8-20-13-7-5-6-12(9-13)14(16)10-15-17-11-18-19(15)4-2/h5-7,9,11,14H,3-4,8,10,16H2,1-2H3. The van der Waals surface area contributed by atoms with Crippen molar-refractivity contribution in [2.75, 3.05) is 6.61 Å². The van der Waals surface area contributed by atoms with Crippen LogP contribution in [0.4, 0.5) is 0 Å². The SMILES string of the molecule is CCCOc1cccc(C(N)Cc2ncnn2CC)c1. The topological polar surface area (TPSA) is 66.0 Å². The second-order valence-electron chi connectivity index (χ2n) is 4.72. The molecule has 0 aliphatic heterocycles. The number of hydrogen-bond acceptors (Lipinski definition) is 4. The summed E-state index contributed by atoms with van der Waals surface area (Å²) < 4.78 is 7.51. The van der Waals surface area contributed by atoms with Crippen molar-refractivity contribution in [3.05, 3.63) is 42.0 Å². The van der Waals surface area contributed by atoms with E-state index in [1.54, 1.807) is 6.33 Å². The van der Waals surface area contributed by atoms with E-state index in [9.17, 15) is 0 Å². The fourth-order valence-corrected chi connectivity index (χ4v) is 2.08. The fraction of sp³-hybridized carbons (Fsp3) is 0.467. The molecule has 2 rings (SSSR count). The Hall–Kier alpha value is -1.88. The molecule has 0 spiro atoms. The molecule has 2 aromatic rings. The summed E-state index contributed by atoms with van der Waals surface area (Å²) in [6, 6.07) is 7.86. The highest BCUT2D eigenvalue weighted by atomic mass is 16.5. The average molecular weight is 274 g/mol. The summed E-state index contributed by atoms with van der Waals surface area (Å²) in [5.74, 6) is 1.79.